The number of carbonyl (C=O) groups excluding carboxylic acids is 2. The number of amides is 2. The molecule has 3 rings (SSSR count). The molecule has 2 aromatic rings. The van der Waals surface area contributed by atoms with E-state index < -0.39 is 17.0 Å². The van der Waals surface area contributed by atoms with Gasteiger partial charge in [-0.25, -0.2) is 8.78 Å². The predicted octanol–water partition coefficient (Wildman–Crippen LogP) is 3.76. The highest BCUT2D eigenvalue weighted by Gasteiger charge is 2.37. The second kappa shape index (κ2) is 8.72. The number of nitrogens with zero attached hydrogens (tertiary/aromatic N) is 1. The van der Waals surface area contributed by atoms with E-state index in [1.165, 1.54) is 12.1 Å². The van der Waals surface area contributed by atoms with Gasteiger partial charge in [0.05, 0.1) is 6.42 Å². The Kier molecular flexibility index (Phi) is 6.30. The Hall–Kier alpha value is -2.76. The highest BCUT2D eigenvalue weighted by molar-refractivity contribution is 5.83. The van der Waals surface area contributed by atoms with Crippen LogP contribution in [0.4, 0.5) is 8.78 Å². The van der Waals surface area contributed by atoms with Gasteiger partial charge in [0.15, 0.2) is 0 Å². The molecule has 154 valence electrons. The first-order chi connectivity index (χ1) is 13.8. The normalized spacial score (nSPS) is 15.8. The minimum Gasteiger partial charge on any atom is -0.351 e. The van der Waals surface area contributed by atoms with Crippen molar-refractivity contribution in [2.45, 2.75) is 39.7 Å². The lowest BCUT2D eigenvalue weighted by Crippen LogP contribution is -2.49. The fraction of sp³-hybridized carbons (Fsp3) is 0.391. The first-order valence-electron chi connectivity index (χ1n) is 9.82. The molecule has 1 N–H and O–H groups in total. The summed E-state index contributed by atoms with van der Waals surface area (Å²) < 4.78 is 26.7. The van der Waals surface area contributed by atoms with Crippen LogP contribution in [0.2, 0.25) is 0 Å². The van der Waals surface area contributed by atoms with Gasteiger partial charge in [0.1, 0.15) is 11.6 Å². The molecule has 0 atom stereocenters. The van der Waals surface area contributed by atoms with Crippen molar-refractivity contribution in [2.24, 2.45) is 5.41 Å². The van der Waals surface area contributed by atoms with Crippen LogP contribution < -0.4 is 5.32 Å². The van der Waals surface area contributed by atoms with E-state index in [0.29, 0.717) is 32.4 Å². The molecule has 2 aromatic carbocycles. The molecule has 0 aromatic heterocycles. The summed E-state index contributed by atoms with van der Waals surface area (Å²) in [4.78, 5) is 27.1. The fourth-order valence-corrected chi connectivity index (χ4v) is 3.64. The van der Waals surface area contributed by atoms with E-state index in [2.05, 4.69) is 5.32 Å². The van der Waals surface area contributed by atoms with Crippen LogP contribution in [-0.4, -0.2) is 29.8 Å². The smallest absolute Gasteiger partial charge is 0.226 e. The molecular formula is C23H26F2N2O2. The van der Waals surface area contributed by atoms with Gasteiger partial charge >= 0.3 is 0 Å². The number of halogens is 2. The Balaban J connectivity index is 1.52. The van der Waals surface area contributed by atoms with E-state index in [1.54, 1.807) is 4.90 Å². The Morgan fingerprint density at radius 3 is 2.48 bits per heavy atom. The summed E-state index contributed by atoms with van der Waals surface area (Å²) in [6, 6.07) is 11.2. The minimum atomic E-state index is -0.674. The van der Waals surface area contributed by atoms with Crippen molar-refractivity contribution < 1.29 is 18.4 Å². The minimum absolute atomic E-state index is 0.0105. The zero-order chi connectivity index (χ0) is 21.0. The maximum atomic E-state index is 13.7. The molecule has 2 amide bonds. The number of hydrogen-bond acceptors (Lipinski definition) is 2. The van der Waals surface area contributed by atoms with Crippen LogP contribution in [0.5, 0.6) is 0 Å². The predicted molar refractivity (Wildman–Crippen MR) is 107 cm³/mol. The van der Waals surface area contributed by atoms with Crippen LogP contribution in [0.1, 0.15) is 36.5 Å². The molecule has 4 nitrogen and oxygen atoms in total. The van der Waals surface area contributed by atoms with E-state index in [-0.39, 0.29) is 23.9 Å². The standard InChI is InChI=1S/C23H26F2N2O2/c1-16-4-3-5-17(12-16)13-21(28)27-10-8-23(2,9-11-27)22(29)26-15-18-6-7-19(24)14-20(18)25/h3-7,12,14H,8-11,13,15H2,1-2H3,(H,26,29). The number of piperidine rings is 1. The van der Waals surface area contributed by atoms with Gasteiger partial charge in [0, 0.05) is 36.7 Å². The zero-order valence-electron chi connectivity index (χ0n) is 16.8. The van der Waals surface area contributed by atoms with Crippen molar-refractivity contribution in [1.29, 1.82) is 0 Å². The molecule has 1 heterocycles. The van der Waals surface area contributed by atoms with E-state index in [1.807, 2.05) is 38.1 Å². The number of benzene rings is 2. The third-order valence-electron chi connectivity index (χ3n) is 5.66. The molecule has 1 saturated heterocycles. The number of nitrogens with one attached hydrogen (secondary N) is 1. The molecule has 0 aliphatic carbocycles. The van der Waals surface area contributed by atoms with E-state index in [0.717, 1.165) is 17.2 Å². The highest BCUT2D eigenvalue weighted by Crippen LogP contribution is 2.31. The lowest BCUT2D eigenvalue weighted by Gasteiger charge is -2.38. The summed E-state index contributed by atoms with van der Waals surface area (Å²) in [5, 5.41) is 2.75. The number of hydrogen-bond donors (Lipinski definition) is 1. The monoisotopic (exact) mass is 400 g/mol. The first kappa shape index (κ1) is 21.0. The van der Waals surface area contributed by atoms with Crippen molar-refractivity contribution in [3.63, 3.8) is 0 Å². The van der Waals surface area contributed by atoms with Crippen LogP contribution in [0, 0.1) is 24.0 Å². The number of likely N-dealkylation sites (tertiary alicyclic amines) is 1. The van der Waals surface area contributed by atoms with Gasteiger partial charge in [-0.1, -0.05) is 42.8 Å². The largest absolute Gasteiger partial charge is 0.351 e. The van der Waals surface area contributed by atoms with Crippen molar-refractivity contribution in [1.82, 2.24) is 10.2 Å². The average Bonchev–Trinajstić information content (AvgIpc) is 2.67. The van der Waals surface area contributed by atoms with Crippen LogP contribution in [0.25, 0.3) is 0 Å². The molecule has 0 spiro atoms. The summed E-state index contributed by atoms with van der Waals surface area (Å²) in [6.45, 7) is 4.90. The highest BCUT2D eigenvalue weighted by atomic mass is 19.1. The third kappa shape index (κ3) is 5.19. The van der Waals surface area contributed by atoms with Gasteiger partial charge in [0.25, 0.3) is 0 Å². The van der Waals surface area contributed by atoms with E-state index >= 15 is 0 Å². The lowest BCUT2D eigenvalue weighted by atomic mass is 9.79. The second-order valence-corrected chi connectivity index (χ2v) is 8.03. The Labute approximate surface area is 169 Å². The molecule has 0 bridgehead atoms. The van der Waals surface area contributed by atoms with Crippen molar-refractivity contribution in [2.75, 3.05) is 13.1 Å². The van der Waals surface area contributed by atoms with Crippen LogP contribution >= 0.6 is 0 Å². The Morgan fingerprint density at radius 2 is 1.83 bits per heavy atom. The van der Waals surface area contributed by atoms with Crippen LogP contribution in [0.3, 0.4) is 0 Å². The number of aryl methyl sites for hydroxylation is 1. The maximum Gasteiger partial charge on any atom is 0.226 e. The molecule has 0 unspecified atom stereocenters. The van der Waals surface area contributed by atoms with E-state index in [4.69, 9.17) is 0 Å². The van der Waals surface area contributed by atoms with Gasteiger partial charge in [-0.15, -0.1) is 0 Å². The van der Waals surface area contributed by atoms with Crippen molar-refractivity contribution in [3.05, 3.63) is 70.8 Å². The van der Waals surface area contributed by atoms with Gasteiger partial charge < -0.3 is 10.2 Å². The summed E-state index contributed by atoms with van der Waals surface area (Å²) in [7, 11) is 0. The van der Waals surface area contributed by atoms with Crippen molar-refractivity contribution in [3.8, 4) is 0 Å². The van der Waals surface area contributed by atoms with E-state index in [9.17, 15) is 18.4 Å². The number of carbonyl (C=O) groups is 2. The summed E-state index contributed by atoms with van der Waals surface area (Å²) >= 11 is 0. The van der Waals surface area contributed by atoms with Gasteiger partial charge in [0.2, 0.25) is 11.8 Å². The molecule has 0 saturated carbocycles. The van der Waals surface area contributed by atoms with Gasteiger partial charge in [-0.05, 0) is 31.4 Å². The molecule has 1 aliphatic heterocycles. The summed E-state index contributed by atoms with van der Waals surface area (Å²) in [5.41, 5.74) is 1.74. The van der Waals surface area contributed by atoms with Crippen LogP contribution in [-0.2, 0) is 22.6 Å². The zero-order valence-corrected chi connectivity index (χ0v) is 16.8. The lowest BCUT2D eigenvalue weighted by molar-refractivity contribution is -0.139. The Bertz CT molecular complexity index is 906. The van der Waals surface area contributed by atoms with Crippen LogP contribution in [0.15, 0.2) is 42.5 Å². The molecular weight excluding hydrogens is 374 g/mol. The maximum absolute atomic E-state index is 13.7. The molecule has 1 fully saturated rings. The molecule has 1 aliphatic rings. The summed E-state index contributed by atoms with van der Waals surface area (Å²) in [6.07, 6.45) is 1.45. The fourth-order valence-electron chi connectivity index (χ4n) is 3.64. The molecule has 0 radical (unpaired) electrons. The Morgan fingerprint density at radius 1 is 1.10 bits per heavy atom. The third-order valence-corrected chi connectivity index (χ3v) is 5.66. The summed E-state index contributed by atoms with van der Waals surface area (Å²) in [5.74, 6) is -1.43. The quantitative estimate of drug-likeness (QED) is 0.831. The topological polar surface area (TPSA) is 49.4 Å². The van der Waals surface area contributed by atoms with Gasteiger partial charge in [-0.3, -0.25) is 9.59 Å². The first-order valence-corrected chi connectivity index (χ1v) is 9.82. The van der Waals surface area contributed by atoms with Crippen molar-refractivity contribution >= 4 is 11.8 Å². The second-order valence-electron chi connectivity index (χ2n) is 8.03. The average molecular weight is 400 g/mol. The van der Waals surface area contributed by atoms with Gasteiger partial charge in [-0.2, -0.15) is 0 Å². The number of rotatable bonds is 5. The molecule has 6 heteroatoms. The molecule has 29 heavy (non-hydrogen) atoms. The SMILES string of the molecule is Cc1cccc(CC(=O)N2CCC(C)(C(=O)NCc3ccc(F)cc3F)CC2)c1.